The number of carbonyl (C=O) groups is 1. The monoisotopic (exact) mass is 348 g/mol. The molecule has 1 aromatic carbocycles. The van der Waals surface area contributed by atoms with Gasteiger partial charge in [0.05, 0.1) is 5.69 Å². The summed E-state index contributed by atoms with van der Waals surface area (Å²) in [5.41, 5.74) is 5.37. The number of hydrogen-bond donors (Lipinski definition) is 1. The zero-order chi connectivity index (χ0) is 18.5. The lowest BCUT2D eigenvalue weighted by atomic mass is 10.1. The minimum absolute atomic E-state index is 0.0560. The van der Waals surface area contributed by atoms with E-state index in [0.717, 1.165) is 29.7 Å². The quantitative estimate of drug-likeness (QED) is 0.734. The molecule has 134 valence electrons. The molecule has 1 N–H and O–H groups in total. The number of aromatic nitrogens is 3. The van der Waals surface area contributed by atoms with Crippen molar-refractivity contribution in [1.82, 2.24) is 15.2 Å². The molecule has 0 atom stereocenters. The summed E-state index contributed by atoms with van der Waals surface area (Å²) in [5.74, 6) is 0.726. The van der Waals surface area contributed by atoms with E-state index in [1.807, 2.05) is 19.1 Å². The maximum absolute atomic E-state index is 12.6. The Bertz CT molecular complexity index is 869. The van der Waals surface area contributed by atoms with Crippen LogP contribution in [0.4, 0.5) is 5.82 Å². The zero-order valence-electron chi connectivity index (χ0n) is 15.5. The maximum Gasteiger partial charge on any atom is 0.228 e. The Morgan fingerprint density at radius 1 is 1.08 bits per heavy atom. The number of nitrogens with zero attached hydrogens (tertiary/aromatic N) is 3. The number of pyridine rings is 1. The first-order valence-corrected chi connectivity index (χ1v) is 8.90. The van der Waals surface area contributed by atoms with E-state index < -0.39 is 0 Å². The van der Waals surface area contributed by atoms with Gasteiger partial charge in [0.15, 0.2) is 5.82 Å². The number of carbonyl (C=O) groups excluding carboxylic acids is 1. The van der Waals surface area contributed by atoms with Crippen LogP contribution in [0.15, 0.2) is 48.8 Å². The van der Waals surface area contributed by atoms with Crippen LogP contribution in [-0.4, -0.2) is 28.1 Å². The second-order valence-electron chi connectivity index (χ2n) is 6.41. The van der Waals surface area contributed by atoms with E-state index in [-0.39, 0.29) is 5.91 Å². The minimum atomic E-state index is 0.0560. The van der Waals surface area contributed by atoms with Crippen LogP contribution in [0.1, 0.15) is 30.0 Å². The highest BCUT2D eigenvalue weighted by atomic mass is 16.2. The lowest BCUT2D eigenvalue weighted by Crippen LogP contribution is -2.27. The van der Waals surface area contributed by atoms with Gasteiger partial charge in [-0.25, -0.2) is 0 Å². The molecule has 3 rings (SSSR count). The van der Waals surface area contributed by atoms with Crippen molar-refractivity contribution in [2.75, 3.05) is 11.9 Å². The van der Waals surface area contributed by atoms with Crippen molar-refractivity contribution in [2.45, 2.75) is 33.1 Å². The molecule has 0 aliphatic rings. The van der Waals surface area contributed by atoms with E-state index in [1.165, 1.54) is 11.1 Å². The molecule has 3 aromatic rings. The Morgan fingerprint density at radius 3 is 2.38 bits per heavy atom. The van der Waals surface area contributed by atoms with Gasteiger partial charge < -0.3 is 0 Å². The van der Waals surface area contributed by atoms with E-state index in [4.69, 9.17) is 0 Å². The van der Waals surface area contributed by atoms with E-state index in [0.29, 0.717) is 12.2 Å². The Morgan fingerprint density at radius 2 is 1.73 bits per heavy atom. The number of H-pyrrole nitrogens is 1. The van der Waals surface area contributed by atoms with Crippen molar-refractivity contribution in [3.8, 4) is 11.3 Å². The second-order valence-corrected chi connectivity index (χ2v) is 6.41. The largest absolute Gasteiger partial charge is 0.298 e. The molecule has 0 aliphatic carbocycles. The summed E-state index contributed by atoms with van der Waals surface area (Å²) in [4.78, 5) is 18.3. The molecule has 0 bridgehead atoms. The van der Waals surface area contributed by atoms with Crippen LogP contribution in [0, 0.1) is 6.92 Å². The fraction of sp³-hybridized carbons (Fsp3) is 0.286. The van der Waals surface area contributed by atoms with Crippen LogP contribution >= 0.6 is 0 Å². The standard InChI is InChI=1S/C21H24N4O/c1-4-16-5-7-17(8-6-16)9-10-19(26)25(3)21-15(2)20(23-24-21)18-11-13-22-14-12-18/h5-8,11-14H,4,9-10H2,1-3H3,(H,23,24). The first-order valence-electron chi connectivity index (χ1n) is 8.90. The van der Waals surface area contributed by atoms with Gasteiger partial charge in [0.1, 0.15) is 0 Å². The van der Waals surface area contributed by atoms with Crippen molar-refractivity contribution in [1.29, 1.82) is 0 Å². The third-order valence-electron chi connectivity index (χ3n) is 4.70. The van der Waals surface area contributed by atoms with Gasteiger partial charge in [0.2, 0.25) is 5.91 Å². The number of rotatable bonds is 6. The van der Waals surface area contributed by atoms with Crippen molar-refractivity contribution >= 4 is 11.7 Å². The molecule has 5 heteroatoms. The first-order chi connectivity index (χ1) is 12.6. The number of nitrogens with one attached hydrogen (secondary N) is 1. The third-order valence-corrected chi connectivity index (χ3v) is 4.70. The van der Waals surface area contributed by atoms with Gasteiger partial charge in [-0.15, -0.1) is 0 Å². The van der Waals surface area contributed by atoms with Crippen LogP contribution in [0.5, 0.6) is 0 Å². The number of hydrogen-bond acceptors (Lipinski definition) is 3. The molecule has 2 aromatic heterocycles. The van der Waals surface area contributed by atoms with Gasteiger partial charge in [0.25, 0.3) is 0 Å². The van der Waals surface area contributed by atoms with Crippen LogP contribution in [0.3, 0.4) is 0 Å². The van der Waals surface area contributed by atoms with E-state index >= 15 is 0 Å². The third kappa shape index (κ3) is 3.82. The Hall–Kier alpha value is -2.95. The van der Waals surface area contributed by atoms with E-state index in [1.54, 1.807) is 24.3 Å². The number of amides is 1. The lowest BCUT2D eigenvalue weighted by Gasteiger charge is -2.15. The van der Waals surface area contributed by atoms with Crippen LogP contribution in [0.25, 0.3) is 11.3 Å². The van der Waals surface area contributed by atoms with Gasteiger partial charge in [-0.2, -0.15) is 5.10 Å². The second kappa shape index (κ2) is 7.95. The summed E-state index contributed by atoms with van der Waals surface area (Å²) in [6.45, 7) is 4.11. The zero-order valence-corrected chi connectivity index (χ0v) is 15.5. The van der Waals surface area contributed by atoms with Crippen molar-refractivity contribution < 1.29 is 4.79 Å². The van der Waals surface area contributed by atoms with Crippen LogP contribution < -0.4 is 4.90 Å². The van der Waals surface area contributed by atoms with Gasteiger partial charge in [-0.05, 0) is 43.0 Å². The Balaban J connectivity index is 1.67. The summed E-state index contributed by atoms with van der Waals surface area (Å²) in [6, 6.07) is 12.3. The highest BCUT2D eigenvalue weighted by Crippen LogP contribution is 2.27. The molecule has 0 fully saturated rings. The molecular formula is C21H24N4O. The predicted octanol–water partition coefficient (Wildman–Crippen LogP) is 3.94. The number of aryl methyl sites for hydroxylation is 2. The molecule has 0 unspecified atom stereocenters. The van der Waals surface area contributed by atoms with Crippen LogP contribution in [0.2, 0.25) is 0 Å². The Kier molecular flexibility index (Phi) is 5.46. The molecule has 0 radical (unpaired) electrons. The average molecular weight is 348 g/mol. The molecule has 5 nitrogen and oxygen atoms in total. The predicted molar refractivity (Wildman–Crippen MR) is 104 cm³/mol. The van der Waals surface area contributed by atoms with E-state index in [9.17, 15) is 4.79 Å². The number of aromatic amines is 1. The number of benzene rings is 1. The minimum Gasteiger partial charge on any atom is -0.298 e. The van der Waals surface area contributed by atoms with Crippen molar-refractivity contribution in [2.24, 2.45) is 0 Å². The van der Waals surface area contributed by atoms with E-state index in [2.05, 4.69) is 46.4 Å². The first kappa shape index (κ1) is 17.9. The maximum atomic E-state index is 12.6. The summed E-state index contributed by atoms with van der Waals surface area (Å²) >= 11 is 0. The summed E-state index contributed by atoms with van der Waals surface area (Å²) in [7, 11) is 1.78. The highest BCUT2D eigenvalue weighted by Gasteiger charge is 2.18. The fourth-order valence-electron chi connectivity index (χ4n) is 2.99. The molecule has 1 amide bonds. The topological polar surface area (TPSA) is 61.9 Å². The smallest absolute Gasteiger partial charge is 0.228 e. The van der Waals surface area contributed by atoms with Crippen LogP contribution in [-0.2, 0) is 17.6 Å². The van der Waals surface area contributed by atoms with Crippen molar-refractivity contribution in [3.05, 3.63) is 65.5 Å². The molecule has 26 heavy (non-hydrogen) atoms. The highest BCUT2D eigenvalue weighted by molar-refractivity contribution is 5.93. The molecule has 0 saturated heterocycles. The molecule has 0 spiro atoms. The van der Waals surface area contributed by atoms with Gasteiger partial charge in [-0.1, -0.05) is 31.2 Å². The molecular weight excluding hydrogens is 324 g/mol. The summed E-state index contributed by atoms with van der Waals surface area (Å²) in [5, 5.41) is 7.39. The molecule has 2 heterocycles. The van der Waals surface area contributed by atoms with Gasteiger partial charge in [-0.3, -0.25) is 19.8 Å². The number of anilines is 1. The summed E-state index contributed by atoms with van der Waals surface area (Å²) < 4.78 is 0. The fourth-order valence-corrected chi connectivity index (χ4v) is 2.99. The normalized spacial score (nSPS) is 10.7. The molecule has 0 aliphatic heterocycles. The Labute approximate surface area is 154 Å². The average Bonchev–Trinajstić information content (AvgIpc) is 3.08. The van der Waals surface area contributed by atoms with Gasteiger partial charge in [0, 0.05) is 37.0 Å². The van der Waals surface area contributed by atoms with Crippen molar-refractivity contribution in [3.63, 3.8) is 0 Å². The SMILES string of the molecule is CCc1ccc(CCC(=O)N(C)c2n[nH]c(-c3ccncc3)c2C)cc1. The van der Waals surface area contributed by atoms with Gasteiger partial charge >= 0.3 is 0 Å². The lowest BCUT2D eigenvalue weighted by molar-refractivity contribution is -0.118. The summed E-state index contributed by atoms with van der Waals surface area (Å²) in [6.07, 6.45) is 5.70. The molecule has 0 saturated carbocycles.